The average molecular weight is 416 g/mol. The zero-order chi connectivity index (χ0) is 20.3. The summed E-state index contributed by atoms with van der Waals surface area (Å²) in [6.07, 6.45) is 1.36. The Bertz CT molecular complexity index is 978. The first-order valence-electron chi connectivity index (χ1n) is 9.69. The number of nitrogens with one attached hydrogen (secondary N) is 1. The number of amides is 1. The standard InChI is InChI=1S/C21H24N2O5S/c24-21(22-12-17-8-9-19-20(11-17)28-15-27-19)18-7-4-10-23(13-18)29(25,26)14-16-5-2-1-3-6-16/h1-3,5-6,8-9,11,18H,4,7,10,12-15H2,(H,22,24)/t18-/m1/s1. The van der Waals surface area contributed by atoms with E-state index in [1.807, 2.05) is 36.4 Å². The first-order valence-corrected chi connectivity index (χ1v) is 11.3. The third-order valence-electron chi connectivity index (χ3n) is 5.24. The number of sulfonamides is 1. The molecule has 2 aliphatic heterocycles. The van der Waals surface area contributed by atoms with Crippen molar-refractivity contribution in [3.63, 3.8) is 0 Å². The number of carbonyl (C=O) groups is 1. The molecule has 1 fully saturated rings. The average Bonchev–Trinajstić information content (AvgIpc) is 3.20. The van der Waals surface area contributed by atoms with Crippen LogP contribution in [0.15, 0.2) is 48.5 Å². The number of rotatable bonds is 6. The molecule has 2 aromatic rings. The quantitative estimate of drug-likeness (QED) is 0.781. The number of benzene rings is 2. The van der Waals surface area contributed by atoms with Gasteiger partial charge in [0, 0.05) is 19.6 Å². The maximum Gasteiger partial charge on any atom is 0.231 e. The van der Waals surface area contributed by atoms with Crippen LogP contribution in [0.1, 0.15) is 24.0 Å². The van der Waals surface area contributed by atoms with Gasteiger partial charge >= 0.3 is 0 Å². The van der Waals surface area contributed by atoms with E-state index in [0.29, 0.717) is 37.4 Å². The molecule has 1 atom stereocenters. The summed E-state index contributed by atoms with van der Waals surface area (Å²) in [5.74, 6) is 0.865. The highest BCUT2D eigenvalue weighted by Gasteiger charge is 2.32. The van der Waals surface area contributed by atoms with E-state index in [1.165, 1.54) is 4.31 Å². The van der Waals surface area contributed by atoms with Crippen LogP contribution in [0.5, 0.6) is 11.5 Å². The van der Waals surface area contributed by atoms with Crippen molar-refractivity contribution < 1.29 is 22.7 Å². The lowest BCUT2D eigenvalue weighted by Crippen LogP contribution is -2.45. The fourth-order valence-electron chi connectivity index (χ4n) is 3.67. The second-order valence-corrected chi connectivity index (χ2v) is 9.31. The third-order valence-corrected chi connectivity index (χ3v) is 7.06. The van der Waals surface area contributed by atoms with Crippen molar-refractivity contribution in [1.29, 1.82) is 0 Å². The Kier molecular flexibility index (Phi) is 5.73. The molecule has 2 aromatic carbocycles. The second kappa shape index (κ2) is 8.42. The van der Waals surface area contributed by atoms with Crippen LogP contribution in [-0.2, 0) is 27.1 Å². The molecule has 0 aliphatic carbocycles. The maximum absolute atomic E-state index is 12.8. The normalized spacial score (nSPS) is 19.1. The largest absolute Gasteiger partial charge is 0.454 e. The molecule has 0 saturated carbocycles. The Labute approximate surface area is 170 Å². The number of fused-ring (bicyclic) bond motifs is 1. The summed E-state index contributed by atoms with van der Waals surface area (Å²) in [5, 5.41) is 2.92. The van der Waals surface area contributed by atoms with Crippen molar-refractivity contribution in [3.8, 4) is 11.5 Å². The van der Waals surface area contributed by atoms with Crippen molar-refractivity contribution in [2.75, 3.05) is 19.9 Å². The lowest BCUT2D eigenvalue weighted by Gasteiger charge is -2.31. The van der Waals surface area contributed by atoms with Crippen LogP contribution in [0.25, 0.3) is 0 Å². The van der Waals surface area contributed by atoms with E-state index in [0.717, 1.165) is 11.1 Å². The molecule has 29 heavy (non-hydrogen) atoms. The number of hydrogen-bond donors (Lipinski definition) is 1. The highest BCUT2D eigenvalue weighted by Crippen LogP contribution is 2.32. The lowest BCUT2D eigenvalue weighted by molar-refractivity contribution is -0.126. The van der Waals surface area contributed by atoms with Gasteiger partial charge in [0.05, 0.1) is 11.7 Å². The van der Waals surface area contributed by atoms with Crippen molar-refractivity contribution >= 4 is 15.9 Å². The Hall–Kier alpha value is -2.58. The Morgan fingerprint density at radius 1 is 1.07 bits per heavy atom. The molecule has 2 aliphatic rings. The summed E-state index contributed by atoms with van der Waals surface area (Å²) in [6, 6.07) is 14.7. The minimum Gasteiger partial charge on any atom is -0.454 e. The first kappa shape index (κ1) is 19.7. The van der Waals surface area contributed by atoms with Crippen LogP contribution in [-0.4, -0.2) is 38.5 Å². The second-order valence-electron chi connectivity index (χ2n) is 7.34. The van der Waals surface area contributed by atoms with Crippen LogP contribution < -0.4 is 14.8 Å². The van der Waals surface area contributed by atoms with Gasteiger partial charge in [0.15, 0.2) is 11.5 Å². The van der Waals surface area contributed by atoms with E-state index >= 15 is 0 Å². The highest BCUT2D eigenvalue weighted by molar-refractivity contribution is 7.88. The minimum atomic E-state index is -3.45. The van der Waals surface area contributed by atoms with Crippen molar-refractivity contribution in [3.05, 3.63) is 59.7 Å². The maximum atomic E-state index is 12.8. The highest BCUT2D eigenvalue weighted by atomic mass is 32.2. The summed E-state index contributed by atoms with van der Waals surface area (Å²) < 4.78 is 37.7. The molecule has 7 nitrogen and oxygen atoms in total. The Morgan fingerprint density at radius 3 is 2.69 bits per heavy atom. The molecule has 0 spiro atoms. The Morgan fingerprint density at radius 2 is 1.86 bits per heavy atom. The molecule has 154 valence electrons. The molecular formula is C21H24N2O5S. The molecule has 0 radical (unpaired) electrons. The molecule has 4 rings (SSSR count). The van der Waals surface area contributed by atoms with Crippen LogP contribution in [0.2, 0.25) is 0 Å². The van der Waals surface area contributed by atoms with Gasteiger partial charge in [-0.1, -0.05) is 36.4 Å². The summed E-state index contributed by atoms with van der Waals surface area (Å²) in [6.45, 7) is 1.26. The Balaban J connectivity index is 1.34. The molecule has 8 heteroatoms. The van der Waals surface area contributed by atoms with Gasteiger partial charge in [-0.25, -0.2) is 12.7 Å². The first-order chi connectivity index (χ1) is 14.0. The van der Waals surface area contributed by atoms with Crippen LogP contribution in [0.4, 0.5) is 0 Å². The van der Waals surface area contributed by atoms with Crippen LogP contribution in [0.3, 0.4) is 0 Å². The summed E-state index contributed by atoms with van der Waals surface area (Å²) in [4.78, 5) is 12.6. The fourth-order valence-corrected chi connectivity index (χ4v) is 5.28. The van der Waals surface area contributed by atoms with E-state index in [4.69, 9.17) is 9.47 Å². The van der Waals surface area contributed by atoms with E-state index in [-0.39, 0.29) is 30.9 Å². The molecule has 0 aromatic heterocycles. The molecular weight excluding hydrogens is 392 g/mol. The zero-order valence-electron chi connectivity index (χ0n) is 16.0. The van der Waals surface area contributed by atoms with E-state index in [9.17, 15) is 13.2 Å². The van der Waals surface area contributed by atoms with Crippen LogP contribution in [0, 0.1) is 5.92 Å². The van der Waals surface area contributed by atoms with Gasteiger partial charge in [-0.3, -0.25) is 4.79 Å². The molecule has 1 amide bonds. The predicted molar refractivity (Wildman–Crippen MR) is 108 cm³/mol. The monoisotopic (exact) mass is 416 g/mol. The smallest absolute Gasteiger partial charge is 0.231 e. The van der Waals surface area contributed by atoms with E-state index in [1.54, 1.807) is 12.1 Å². The molecule has 0 unspecified atom stereocenters. The molecule has 0 bridgehead atoms. The molecule has 1 N–H and O–H groups in total. The third kappa shape index (κ3) is 4.71. The molecule has 2 heterocycles. The van der Waals surface area contributed by atoms with Crippen LogP contribution >= 0.6 is 0 Å². The minimum absolute atomic E-state index is 0.0423. The summed E-state index contributed by atoms with van der Waals surface area (Å²) in [5.41, 5.74) is 1.66. The van der Waals surface area contributed by atoms with Crippen molar-refractivity contribution in [2.24, 2.45) is 5.92 Å². The van der Waals surface area contributed by atoms with Crippen molar-refractivity contribution in [1.82, 2.24) is 9.62 Å². The van der Waals surface area contributed by atoms with E-state index < -0.39 is 10.0 Å². The summed E-state index contributed by atoms with van der Waals surface area (Å²) >= 11 is 0. The van der Waals surface area contributed by atoms with Gasteiger partial charge in [0.2, 0.25) is 22.7 Å². The summed E-state index contributed by atoms with van der Waals surface area (Å²) in [7, 11) is -3.45. The van der Waals surface area contributed by atoms with Gasteiger partial charge in [-0.15, -0.1) is 0 Å². The number of nitrogens with zero attached hydrogens (tertiary/aromatic N) is 1. The van der Waals surface area contributed by atoms with Gasteiger partial charge in [0.1, 0.15) is 0 Å². The SMILES string of the molecule is O=C(NCc1ccc2c(c1)OCO2)[C@@H]1CCCN(S(=O)(=O)Cc2ccccc2)C1. The zero-order valence-corrected chi connectivity index (χ0v) is 16.9. The fraction of sp³-hybridized carbons (Fsp3) is 0.381. The van der Waals surface area contributed by atoms with E-state index in [2.05, 4.69) is 5.32 Å². The van der Waals surface area contributed by atoms with Gasteiger partial charge < -0.3 is 14.8 Å². The number of piperidine rings is 1. The van der Waals surface area contributed by atoms with Gasteiger partial charge in [-0.05, 0) is 36.1 Å². The lowest BCUT2D eigenvalue weighted by atomic mass is 9.98. The van der Waals surface area contributed by atoms with Gasteiger partial charge in [0.25, 0.3) is 0 Å². The number of ether oxygens (including phenoxy) is 2. The topological polar surface area (TPSA) is 84.9 Å². The van der Waals surface area contributed by atoms with Gasteiger partial charge in [-0.2, -0.15) is 0 Å². The predicted octanol–water partition coefficient (Wildman–Crippen LogP) is 2.27. The number of hydrogen-bond acceptors (Lipinski definition) is 5. The van der Waals surface area contributed by atoms with Crippen molar-refractivity contribution in [2.45, 2.75) is 25.1 Å². The molecule has 1 saturated heterocycles. The number of carbonyl (C=O) groups excluding carboxylic acids is 1.